The van der Waals surface area contributed by atoms with E-state index < -0.39 is 6.04 Å². The van der Waals surface area contributed by atoms with Crippen molar-refractivity contribution < 1.29 is 4.39 Å². The highest BCUT2D eigenvalue weighted by molar-refractivity contribution is 6.30. The summed E-state index contributed by atoms with van der Waals surface area (Å²) in [6, 6.07) is 7.49. The molecule has 0 aliphatic rings. The number of aryl methyl sites for hydroxylation is 1. The predicted octanol–water partition coefficient (Wildman–Crippen LogP) is 3.23. The van der Waals surface area contributed by atoms with Gasteiger partial charge in [-0.25, -0.2) is 4.39 Å². The number of hydrogen-bond acceptors (Lipinski definition) is 2. The maximum atomic E-state index is 13.6. The molecule has 4 heteroatoms. The van der Waals surface area contributed by atoms with Crippen LogP contribution in [0.1, 0.15) is 22.9 Å². The lowest BCUT2D eigenvalue weighted by atomic mass is 10.0. The fourth-order valence-electron chi connectivity index (χ4n) is 1.60. The minimum atomic E-state index is -0.554. The molecular weight excluding hydrogens is 239 g/mol. The van der Waals surface area contributed by atoms with Crippen molar-refractivity contribution in [2.75, 3.05) is 0 Å². The van der Waals surface area contributed by atoms with Crippen molar-refractivity contribution in [2.24, 2.45) is 5.73 Å². The Balaban J connectivity index is 2.39. The van der Waals surface area contributed by atoms with Crippen molar-refractivity contribution >= 4 is 11.6 Å². The van der Waals surface area contributed by atoms with Crippen LogP contribution in [0.25, 0.3) is 0 Å². The molecule has 88 valence electrons. The van der Waals surface area contributed by atoms with Crippen LogP contribution in [0, 0.1) is 12.7 Å². The van der Waals surface area contributed by atoms with Gasteiger partial charge >= 0.3 is 0 Å². The molecule has 0 radical (unpaired) electrons. The van der Waals surface area contributed by atoms with Gasteiger partial charge in [0.15, 0.2) is 0 Å². The molecule has 2 rings (SSSR count). The summed E-state index contributed by atoms with van der Waals surface area (Å²) in [6.45, 7) is 1.88. The Morgan fingerprint density at radius 2 is 2.06 bits per heavy atom. The van der Waals surface area contributed by atoms with E-state index in [1.165, 1.54) is 12.1 Å². The summed E-state index contributed by atoms with van der Waals surface area (Å²) in [4.78, 5) is 4.14. The molecule has 17 heavy (non-hydrogen) atoms. The predicted molar refractivity (Wildman–Crippen MR) is 66.4 cm³/mol. The number of nitrogens with zero attached hydrogens (tertiary/aromatic N) is 1. The van der Waals surface area contributed by atoms with Crippen molar-refractivity contribution in [2.45, 2.75) is 13.0 Å². The second-order valence-electron chi connectivity index (χ2n) is 3.88. The van der Waals surface area contributed by atoms with Crippen LogP contribution in [-0.4, -0.2) is 4.98 Å². The second kappa shape index (κ2) is 4.82. The lowest BCUT2D eigenvalue weighted by molar-refractivity contribution is 0.599. The largest absolute Gasteiger partial charge is 0.320 e. The van der Waals surface area contributed by atoms with Crippen LogP contribution < -0.4 is 5.73 Å². The molecule has 2 N–H and O–H groups in total. The van der Waals surface area contributed by atoms with Gasteiger partial charge in [0.2, 0.25) is 0 Å². The fraction of sp³-hybridized carbons (Fsp3) is 0.154. The van der Waals surface area contributed by atoms with Crippen LogP contribution in [0.3, 0.4) is 0 Å². The van der Waals surface area contributed by atoms with Gasteiger partial charge in [0.1, 0.15) is 5.82 Å². The maximum absolute atomic E-state index is 13.6. The Morgan fingerprint density at radius 1 is 1.29 bits per heavy atom. The third-order valence-corrected chi connectivity index (χ3v) is 2.82. The van der Waals surface area contributed by atoms with E-state index in [4.69, 9.17) is 17.3 Å². The van der Waals surface area contributed by atoms with E-state index in [-0.39, 0.29) is 5.82 Å². The summed E-state index contributed by atoms with van der Waals surface area (Å²) in [5.74, 6) is -0.359. The standard InChI is InChI=1S/C13H12ClFN2/c1-8-2-3-9(7-17-8)13(16)11-6-10(14)4-5-12(11)15/h2-7,13H,16H2,1H3. The monoisotopic (exact) mass is 250 g/mol. The molecule has 1 aromatic heterocycles. The number of halogens is 2. The van der Waals surface area contributed by atoms with Gasteiger partial charge in [-0.1, -0.05) is 17.7 Å². The summed E-state index contributed by atoms with van der Waals surface area (Å²) in [7, 11) is 0. The zero-order valence-corrected chi connectivity index (χ0v) is 10.1. The van der Waals surface area contributed by atoms with E-state index >= 15 is 0 Å². The Morgan fingerprint density at radius 3 is 2.71 bits per heavy atom. The molecule has 0 saturated carbocycles. The first kappa shape index (κ1) is 12.0. The van der Waals surface area contributed by atoms with Gasteiger partial charge in [-0.2, -0.15) is 0 Å². The lowest BCUT2D eigenvalue weighted by Crippen LogP contribution is -2.14. The summed E-state index contributed by atoms with van der Waals surface area (Å²) < 4.78 is 13.6. The molecule has 2 nitrogen and oxygen atoms in total. The van der Waals surface area contributed by atoms with Crippen LogP contribution in [-0.2, 0) is 0 Å². The molecule has 0 aliphatic heterocycles. The summed E-state index contributed by atoms with van der Waals surface area (Å²) in [5.41, 5.74) is 8.03. The first-order chi connectivity index (χ1) is 8.08. The van der Waals surface area contributed by atoms with Gasteiger partial charge in [0, 0.05) is 22.5 Å². The molecule has 1 heterocycles. The Bertz CT molecular complexity index is 525. The van der Waals surface area contributed by atoms with E-state index in [1.54, 1.807) is 12.3 Å². The Hall–Kier alpha value is -1.45. The van der Waals surface area contributed by atoms with Crippen molar-refractivity contribution in [1.82, 2.24) is 4.98 Å². The first-order valence-electron chi connectivity index (χ1n) is 5.21. The molecular formula is C13H12ClFN2. The molecule has 0 fully saturated rings. The molecule has 0 saturated heterocycles. The van der Waals surface area contributed by atoms with Gasteiger partial charge in [-0.05, 0) is 36.8 Å². The van der Waals surface area contributed by atoms with Crippen molar-refractivity contribution in [3.05, 3.63) is 64.2 Å². The van der Waals surface area contributed by atoms with E-state index in [2.05, 4.69) is 4.98 Å². The Kier molecular flexibility index (Phi) is 3.41. The van der Waals surface area contributed by atoms with Gasteiger partial charge in [0.25, 0.3) is 0 Å². The van der Waals surface area contributed by atoms with Crippen LogP contribution >= 0.6 is 11.6 Å². The number of benzene rings is 1. The molecule has 1 atom stereocenters. The van der Waals surface area contributed by atoms with Crippen LogP contribution in [0.4, 0.5) is 4.39 Å². The van der Waals surface area contributed by atoms with Gasteiger partial charge < -0.3 is 5.73 Å². The van der Waals surface area contributed by atoms with Crippen molar-refractivity contribution in [1.29, 1.82) is 0 Å². The molecule has 0 aliphatic carbocycles. The minimum absolute atomic E-state index is 0.359. The minimum Gasteiger partial charge on any atom is -0.320 e. The van der Waals surface area contributed by atoms with Crippen molar-refractivity contribution in [3.63, 3.8) is 0 Å². The SMILES string of the molecule is Cc1ccc(C(N)c2cc(Cl)ccc2F)cn1. The zero-order chi connectivity index (χ0) is 12.4. The Labute approximate surface area is 104 Å². The molecule has 2 aromatic rings. The topological polar surface area (TPSA) is 38.9 Å². The van der Waals surface area contributed by atoms with Gasteiger partial charge in [-0.3, -0.25) is 4.98 Å². The van der Waals surface area contributed by atoms with Gasteiger partial charge in [-0.15, -0.1) is 0 Å². The third-order valence-electron chi connectivity index (χ3n) is 2.59. The smallest absolute Gasteiger partial charge is 0.128 e. The number of nitrogens with two attached hydrogens (primary N) is 1. The van der Waals surface area contributed by atoms with Crippen LogP contribution in [0.2, 0.25) is 5.02 Å². The highest BCUT2D eigenvalue weighted by atomic mass is 35.5. The normalized spacial score (nSPS) is 12.5. The van der Waals surface area contributed by atoms with E-state index in [9.17, 15) is 4.39 Å². The van der Waals surface area contributed by atoms with E-state index in [0.29, 0.717) is 10.6 Å². The highest BCUT2D eigenvalue weighted by Crippen LogP contribution is 2.24. The third kappa shape index (κ3) is 2.62. The number of hydrogen-bond donors (Lipinski definition) is 1. The van der Waals surface area contributed by atoms with Crippen LogP contribution in [0.5, 0.6) is 0 Å². The molecule has 0 bridgehead atoms. The second-order valence-corrected chi connectivity index (χ2v) is 4.31. The quantitative estimate of drug-likeness (QED) is 0.889. The van der Waals surface area contributed by atoms with Crippen LogP contribution in [0.15, 0.2) is 36.5 Å². The number of rotatable bonds is 2. The van der Waals surface area contributed by atoms with E-state index in [1.807, 2.05) is 19.1 Å². The maximum Gasteiger partial charge on any atom is 0.128 e. The summed E-state index contributed by atoms with van der Waals surface area (Å²) in [5, 5.41) is 0.469. The fourth-order valence-corrected chi connectivity index (χ4v) is 1.78. The van der Waals surface area contributed by atoms with E-state index in [0.717, 1.165) is 11.3 Å². The molecule has 0 amide bonds. The van der Waals surface area contributed by atoms with Crippen molar-refractivity contribution in [3.8, 4) is 0 Å². The molecule has 0 spiro atoms. The zero-order valence-electron chi connectivity index (χ0n) is 9.32. The average Bonchev–Trinajstić information content (AvgIpc) is 2.32. The summed E-state index contributed by atoms with van der Waals surface area (Å²) in [6.07, 6.45) is 1.65. The van der Waals surface area contributed by atoms with Gasteiger partial charge in [0.05, 0.1) is 6.04 Å². The average molecular weight is 251 g/mol. The molecule has 1 unspecified atom stereocenters. The summed E-state index contributed by atoms with van der Waals surface area (Å²) >= 11 is 5.84. The highest BCUT2D eigenvalue weighted by Gasteiger charge is 2.14. The number of aromatic nitrogens is 1. The molecule has 1 aromatic carbocycles. The first-order valence-corrected chi connectivity index (χ1v) is 5.59. The number of pyridine rings is 1. The lowest BCUT2D eigenvalue weighted by Gasteiger charge is -2.13.